The Bertz CT molecular complexity index is 113. The highest BCUT2D eigenvalue weighted by Crippen LogP contribution is 2.20. The zero-order valence-electron chi connectivity index (χ0n) is 7.88. The molecule has 2 unspecified atom stereocenters. The first-order valence-corrected chi connectivity index (χ1v) is 5.90. The first kappa shape index (κ1) is 10.4. The molecule has 0 aromatic rings. The van der Waals surface area contributed by atoms with Gasteiger partial charge in [-0.3, -0.25) is 0 Å². The van der Waals surface area contributed by atoms with Gasteiger partial charge in [0.2, 0.25) is 0 Å². The summed E-state index contributed by atoms with van der Waals surface area (Å²) in [5.41, 5.74) is 5.49. The lowest BCUT2D eigenvalue weighted by molar-refractivity contribution is 0.660. The van der Waals surface area contributed by atoms with E-state index in [1.54, 1.807) is 0 Å². The van der Waals surface area contributed by atoms with Crippen molar-refractivity contribution in [3.8, 4) is 0 Å². The molecule has 72 valence electrons. The molecule has 0 aromatic heterocycles. The molecule has 0 aliphatic carbocycles. The third-order valence-electron chi connectivity index (χ3n) is 2.35. The van der Waals surface area contributed by atoms with Crippen molar-refractivity contribution in [2.24, 2.45) is 11.7 Å². The fraction of sp³-hybridized carbons (Fsp3) is 1.00. The summed E-state index contributed by atoms with van der Waals surface area (Å²) in [6.45, 7) is 5.55. The van der Waals surface area contributed by atoms with E-state index in [0.29, 0.717) is 0 Å². The van der Waals surface area contributed by atoms with Gasteiger partial charge < -0.3 is 11.1 Å². The van der Waals surface area contributed by atoms with Crippen LogP contribution in [-0.2, 0) is 0 Å². The van der Waals surface area contributed by atoms with Gasteiger partial charge in [-0.05, 0) is 44.1 Å². The smallest absolute Gasteiger partial charge is 0.00308 e. The van der Waals surface area contributed by atoms with Crippen LogP contribution in [0.25, 0.3) is 0 Å². The molecule has 2 atom stereocenters. The molecule has 12 heavy (non-hydrogen) atoms. The molecule has 1 aliphatic heterocycles. The van der Waals surface area contributed by atoms with E-state index in [-0.39, 0.29) is 0 Å². The SMILES string of the molecule is CC(CCN)SCC1CCNC1. The molecule has 2 nitrogen and oxygen atoms in total. The largest absolute Gasteiger partial charge is 0.330 e. The fourth-order valence-electron chi connectivity index (χ4n) is 1.48. The van der Waals surface area contributed by atoms with Gasteiger partial charge in [-0.1, -0.05) is 6.92 Å². The minimum Gasteiger partial charge on any atom is -0.330 e. The maximum Gasteiger partial charge on any atom is 0.00308 e. The van der Waals surface area contributed by atoms with Gasteiger partial charge >= 0.3 is 0 Å². The Morgan fingerprint density at radius 1 is 1.67 bits per heavy atom. The molecule has 3 heteroatoms. The van der Waals surface area contributed by atoms with Gasteiger partial charge in [-0.15, -0.1) is 0 Å². The van der Waals surface area contributed by atoms with E-state index >= 15 is 0 Å². The standard InChI is InChI=1S/C9H20N2S/c1-8(2-4-10)12-7-9-3-5-11-6-9/h8-9,11H,2-7,10H2,1H3. The molecule has 0 aromatic carbocycles. The molecule has 1 aliphatic rings. The van der Waals surface area contributed by atoms with Crippen LogP contribution in [0.4, 0.5) is 0 Å². The molecule has 1 saturated heterocycles. The molecule has 0 amide bonds. The number of hydrogen-bond donors (Lipinski definition) is 2. The Morgan fingerprint density at radius 3 is 3.08 bits per heavy atom. The molecular weight excluding hydrogens is 168 g/mol. The second-order valence-electron chi connectivity index (χ2n) is 3.58. The molecule has 1 fully saturated rings. The molecule has 0 radical (unpaired) electrons. The molecule has 0 spiro atoms. The zero-order chi connectivity index (χ0) is 8.81. The summed E-state index contributed by atoms with van der Waals surface area (Å²) in [4.78, 5) is 0. The van der Waals surface area contributed by atoms with Crippen molar-refractivity contribution < 1.29 is 0 Å². The summed E-state index contributed by atoms with van der Waals surface area (Å²) in [5, 5.41) is 4.14. The van der Waals surface area contributed by atoms with E-state index in [4.69, 9.17) is 5.73 Å². The van der Waals surface area contributed by atoms with Crippen LogP contribution in [0, 0.1) is 5.92 Å². The summed E-state index contributed by atoms with van der Waals surface area (Å²) >= 11 is 2.08. The minimum absolute atomic E-state index is 0.746. The Kier molecular flexibility index (Phi) is 5.04. The quantitative estimate of drug-likeness (QED) is 0.678. The predicted molar refractivity (Wildman–Crippen MR) is 56.6 cm³/mol. The topological polar surface area (TPSA) is 38.0 Å². The lowest BCUT2D eigenvalue weighted by Gasteiger charge is -2.12. The number of nitrogens with two attached hydrogens (primary N) is 1. The van der Waals surface area contributed by atoms with Gasteiger partial charge in [0.25, 0.3) is 0 Å². The maximum absolute atomic E-state index is 5.49. The average molecular weight is 188 g/mol. The molecule has 3 N–H and O–H groups in total. The monoisotopic (exact) mass is 188 g/mol. The number of hydrogen-bond acceptors (Lipinski definition) is 3. The second kappa shape index (κ2) is 5.84. The predicted octanol–water partition coefficient (Wildman–Crippen LogP) is 1.07. The van der Waals surface area contributed by atoms with Gasteiger partial charge in [0, 0.05) is 5.25 Å². The number of thioether (sulfide) groups is 1. The fourth-order valence-corrected chi connectivity index (χ4v) is 2.66. The highest BCUT2D eigenvalue weighted by atomic mass is 32.2. The van der Waals surface area contributed by atoms with Crippen molar-refractivity contribution >= 4 is 11.8 Å². The van der Waals surface area contributed by atoms with Crippen LogP contribution in [0.15, 0.2) is 0 Å². The minimum atomic E-state index is 0.746. The Balaban J connectivity index is 1.99. The number of nitrogens with one attached hydrogen (secondary N) is 1. The van der Waals surface area contributed by atoms with Crippen LogP contribution < -0.4 is 11.1 Å². The van der Waals surface area contributed by atoms with Crippen LogP contribution in [0.3, 0.4) is 0 Å². The normalized spacial score (nSPS) is 26.0. The van der Waals surface area contributed by atoms with E-state index in [0.717, 1.165) is 24.1 Å². The molecule has 0 bridgehead atoms. The third-order valence-corrected chi connectivity index (χ3v) is 3.82. The molecule has 1 rings (SSSR count). The molecule has 0 saturated carbocycles. The molecule has 1 heterocycles. The van der Waals surface area contributed by atoms with Crippen molar-refractivity contribution in [1.82, 2.24) is 5.32 Å². The van der Waals surface area contributed by atoms with E-state index < -0.39 is 0 Å². The van der Waals surface area contributed by atoms with Crippen LogP contribution in [0.1, 0.15) is 19.8 Å². The van der Waals surface area contributed by atoms with Gasteiger partial charge in [0.05, 0.1) is 0 Å². The van der Waals surface area contributed by atoms with Crippen LogP contribution in [-0.4, -0.2) is 30.6 Å². The first-order valence-electron chi connectivity index (χ1n) is 4.85. The van der Waals surface area contributed by atoms with Crippen molar-refractivity contribution in [1.29, 1.82) is 0 Å². The highest BCUT2D eigenvalue weighted by molar-refractivity contribution is 7.99. The van der Waals surface area contributed by atoms with Crippen molar-refractivity contribution in [2.75, 3.05) is 25.4 Å². The van der Waals surface area contributed by atoms with Crippen molar-refractivity contribution in [2.45, 2.75) is 25.0 Å². The summed E-state index contributed by atoms with van der Waals surface area (Å²) in [5.74, 6) is 2.23. The van der Waals surface area contributed by atoms with Crippen LogP contribution >= 0.6 is 11.8 Å². The first-order chi connectivity index (χ1) is 5.83. The van der Waals surface area contributed by atoms with Crippen molar-refractivity contribution in [3.05, 3.63) is 0 Å². The van der Waals surface area contributed by atoms with E-state index in [1.165, 1.54) is 25.3 Å². The maximum atomic E-state index is 5.49. The summed E-state index contributed by atoms with van der Waals surface area (Å²) in [7, 11) is 0. The molecular formula is C9H20N2S. The third kappa shape index (κ3) is 3.78. The zero-order valence-corrected chi connectivity index (χ0v) is 8.70. The Labute approximate surface area is 79.7 Å². The lowest BCUT2D eigenvalue weighted by atomic mass is 10.2. The number of rotatable bonds is 5. The van der Waals surface area contributed by atoms with E-state index in [1.807, 2.05) is 0 Å². The Hall–Kier alpha value is 0.270. The van der Waals surface area contributed by atoms with Gasteiger partial charge in [0.1, 0.15) is 0 Å². The van der Waals surface area contributed by atoms with Crippen LogP contribution in [0.2, 0.25) is 0 Å². The average Bonchev–Trinajstić information content (AvgIpc) is 2.53. The summed E-state index contributed by atoms with van der Waals surface area (Å²) < 4.78 is 0. The lowest BCUT2D eigenvalue weighted by Crippen LogP contribution is -2.13. The summed E-state index contributed by atoms with van der Waals surface area (Å²) in [6.07, 6.45) is 2.52. The Morgan fingerprint density at radius 2 is 2.50 bits per heavy atom. The summed E-state index contributed by atoms with van der Waals surface area (Å²) in [6, 6.07) is 0. The highest BCUT2D eigenvalue weighted by Gasteiger charge is 2.15. The van der Waals surface area contributed by atoms with E-state index in [9.17, 15) is 0 Å². The van der Waals surface area contributed by atoms with Crippen molar-refractivity contribution in [3.63, 3.8) is 0 Å². The van der Waals surface area contributed by atoms with Crippen LogP contribution in [0.5, 0.6) is 0 Å². The van der Waals surface area contributed by atoms with Gasteiger partial charge in [-0.25, -0.2) is 0 Å². The van der Waals surface area contributed by atoms with E-state index in [2.05, 4.69) is 24.0 Å². The second-order valence-corrected chi connectivity index (χ2v) is 5.05. The van der Waals surface area contributed by atoms with Gasteiger partial charge in [-0.2, -0.15) is 11.8 Å². The van der Waals surface area contributed by atoms with Gasteiger partial charge in [0.15, 0.2) is 0 Å².